The van der Waals surface area contributed by atoms with Gasteiger partial charge in [-0.3, -0.25) is 0 Å². The molecule has 21 heavy (non-hydrogen) atoms. The maximum absolute atomic E-state index is 11.4. The van der Waals surface area contributed by atoms with Gasteiger partial charge in [-0.15, -0.1) is 10.2 Å². The second-order valence-electron chi connectivity index (χ2n) is 4.95. The third kappa shape index (κ3) is 2.86. The van der Waals surface area contributed by atoms with Gasteiger partial charge in [0.25, 0.3) is 0 Å². The van der Waals surface area contributed by atoms with Gasteiger partial charge in [0.05, 0.1) is 5.56 Å². The van der Waals surface area contributed by atoms with Crippen LogP contribution in [0.3, 0.4) is 0 Å². The number of nitrogens with zero attached hydrogens (tertiary/aromatic N) is 4. The van der Waals surface area contributed by atoms with Crippen molar-refractivity contribution in [1.29, 1.82) is 0 Å². The van der Waals surface area contributed by atoms with Gasteiger partial charge in [0, 0.05) is 19.8 Å². The van der Waals surface area contributed by atoms with E-state index in [-0.39, 0.29) is 5.56 Å². The van der Waals surface area contributed by atoms with E-state index < -0.39 is 5.97 Å². The van der Waals surface area contributed by atoms with Crippen molar-refractivity contribution in [3.8, 4) is 0 Å². The molecular formula is C13H14N4O2S2. The number of aromatic nitrogens is 3. The molecule has 2 heterocycles. The zero-order valence-electron chi connectivity index (χ0n) is 11.7. The Bertz CT molecular complexity index is 699. The van der Waals surface area contributed by atoms with Crippen LogP contribution < -0.4 is 4.90 Å². The fourth-order valence-electron chi connectivity index (χ4n) is 2.19. The third-order valence-corrected chi connectivity index (χ3v) is 5.36. The maximum Gasteiger partial charge on any atom is 0.338 e. The molecule has 110 valence electrons. The molecule has 0 unspecified atom stereocenters. The van der Waals surface area contributed by atoms with Crippen LogP contribution in [-0.2, 0) is 12.8 Å². The van der Waals surface area contributed by atoms with E-state index in [1.807, 2.05) is 19.0 Å². The van der Waals surface area contributed by atoms with Crippen LogP contribution in [0.5, 0.6) is 0 Å². The number of carbonyl (C=O) groups is 1. The highest BCUT2D eigenvalue weighted by molar-refractivity contribution is 8.01. The lowest BCUT2D eigenvalue weighted by Gasteiger charge is -2.06. The highest BCUT2D eigenvalue weighted by Crippen LogP contribution is 2.35. The summed E-state index contributed by atoms with van der Waals surface area (Å²) in [5, 5.41) is 18.8. The van der Waals surface area contributed by atoms with Gasteiger partial charge in [-0.2, -0.15) is 0 Å². The van der Waals surface area contributed by atoms with E-state index in [0.717, 1.165) is 35.7 Å². The maximum atomic E-state index is 11.4. The van der Waals surface area contributed by atoms with Gasteiger partial charge in [0.2, 0.25) is 5.13 Å². The van der Waals surface area contributed by atoms with Gasteiger partial charge in [0.1, 0.15) is 5.03 Å². The topological polar surface area (TPSA) is 79.2 Å². The zero-order chi connectivity index (χ0) is 15.0. The Morgan fingerprint density at radius 1 is 1.38 bits per heavy atom. The molecule has 1 aliphatic rings. The minimum Gasteiger partial charge on any atom is -0.478 e. The third-order valence-electron chi connectivity index (χ3n) is 3.21. The summed E-state index contributed by atoms with van der Waals surface area (Å²) >= 11 is 2.70. The van der Waals surface area contributed by atoms with Gasteiger partial charge in [0.15, 0.2) is 4.34 Å². The van der Waals surface area contributed by atoms with Crippen LogP contribution in [0.25, 0.3) is 0 Å². The van der Waals surface area contributed by atoms with Crippen LogP contribution in [0.1, 0.15) is 28.0 Å². The Morgan fingerprint density at radius 2 is 2.19 bits per heavy atom. The lowest BCUT2D eigenvalue weighted by atomic mass is 10.1. The van der Waals surface area contributed by atoms with Crippen molar-refractivity contribution in [1.82, 2.24) is 15.2 Å². The van der Waals surface area contributed by atoms with Crippen LogP contribution in [0, 0.1) is 0 Å². The quantitative estimate of drug-likeness (QED) is 0.925. The van der Waals surface area contributed by atoms with Gasteiger partial charge < -0.3 is 10.0 Å². The number of hydrogen-bond acceptors (Lipinski definition) is 7. The Labute approximate surface area is 130 Å². The lowest BCUT2D eigenvalue weighted by molar-refractivity contribution is 0.0692. The molecule has 0 aromatic carbocycles. The fraction of sp³-hybridized carbons (Fsp3) is 0.385. The first kappa shape index (κ1) is 14.3. The van der Waals surface area contributed by atoms with Gasteiger partial charge in [-0.25, -0.2) is 9.78 Å². The van der Waals surface area contributed by atoms with E-state index in [0.29, 0.717) is 9.37 Å². The van der Waals surface area contributed by atoms with Crippen molar-refractivity contribution >= 4 is 34.2 Å². The molecule has 6 nitrogen and oxygen atoms in total. The molecule has 1 N–H and O–H groups in total. The molecule has 1 aliphatic carbocycles. The number of hydrogen-bond donors (Lipinski definition) is 1. The molecule has 8 heteroatoms. The first-order valence-electron chi connectivity index (χ1n) is 6.49. The first-order chi connectivity index (χ1) is 10.0. The summed E-state index contributed by atoms with van der Waals surface area (Å²) in [5.74, 6) is -0.947. The van der Waals surface area contributed by atoms with E-state index in [9.17, 15) is 9.90 Å². The molecule has 0 atom stereocenters. The minimum absolute atomic E-state index is 0.252. The summed E-state index contributed by atoms with van der Waals surface area (Å²) in [6.45, 7) is 0. The number of rotatable bonds is 4. The molecule has 0 fully saturated rings. The molecule has 0 aliphatic heterocycles. The standard InChI is InChI=1S/C13H14N4O2S2/c1-17(2)12-15-16-13(21-12)20-10-8(11(18)19)6-7-4-3-5-9(7)14-10/h6H,3-5H2,1-2H3,(H,18,19). The molecule has 0 radical (unpaired) electrons. The van der Waals surface area contributed by atoms with Crippen LogP contribution in [0.2, 0.25) is 0 Å². The van der Waals surface area contributed by atoms with Crippen molar-refractivity contribution in [2.24, 2.45) is 0 Å². The SMILES string of the molecule is CN(C)c1nnc(Sc2nc3c(cc2C(=O)O)CCC3)s1. The summed E-state index contributed by atoms with van der Waals surface area (Å²) in [6.07, 6.45) is 2.87. The number of carboxylic acids is 1. The number of pyridine rings is 1. The second-order valence-corrected chi connectivity index (χ2v) is 7.14. The highest BCUT2D eigenvalue weighted by Gasteiger charge is 2.21. The monoisotopic (exact) mass is 322 g/mol. The minimum atomic E-state index is -0.947. The van der Waals surface area contributed by atoms with Gasteiger partial charge >= 0.3 is 5.97 Å². The molecule has 0 spiro atoms. The second kappa shape index (κ2) is 5.61. The molecule has 0 saturated heterocycles. The molecule has 2 aromatic rings. The van der Waals surface area contributed by atoms with Crippen LogP contribution >= 0.6 is 23.1 Å². The summed E-state index contributed by atoms with van der Waals surface area (Å²) in [7, 11) is 3.79. The Hall–Kier alpha value is -1.67. The predicted octanol–water partition coefficient (Wildman–Crippen LogP) is 2.34. The first-order valence-corrected chi connectivity index (χ1v) is 8.12. The Balaban J connectivity index is 1.95. The molecular weight excluding hydrogens is 308 g/mol. The van der Waals surface area contributed by atoms with Crippen molar-refractivity contribution in [3.05, 3.63) is 22.9 Å². The van der Waals surface area contributed by atoms with Crippen LogP contribution in [-0.4, -0.2) is 40.4 Å². The molecule has 0 bridgehead atoms. The average Bonchev–Trinajstić information content (AvgIpc) is 3.05. The summed E-state index contributed by atoms with van der Waals surface area (Å²) < 4.78 is 0.701. The molecule has 3 rings (SSSR count). The van der Waals surface area contributed by atoms with Crippen molar-refractivity contribution < 1.29 is 9.90 Å². The van der Waals surface area contributed by atoms with Crippen molar-refractivity contribution in [3.63, 3.8) is 0 Å². The lowest BCUT2D eigenvalue weighted by Crippen LogP contribution is -2.07. The summed E-state index contributed by atoms with van der Waals surface area (Å²) in [6, 6.07) is 1.76. The average molecular weight is 322 g/mol. The molecule has 2 aromatic heterocycles. The number of carboxylic acid groups (broad SMARTS) is 1. The highest BCUT2D eigenvalue weighted by atomic mass is 32.2. The zero-order valence-corrected chi connectivity index (χ0v) is 13.3. The normalized spacial score (nSPS) is 13.2. The molecule has 0 amide bonds. The van der Waals surface area contributed by atoms with Crippen molar-refractivity contribution in [2.45, 2.75) is 28.6 Å². The van der Waals surface area contributed by atoms with Gasteiger partial charge in [-0.05, 0) is 42.7 Å². The predicted molar refractivity (Wildman–Crippen MR) is 81.6 cm³/mol. The number of fused-ring (bicyclic) bond motifs is 1. The smallest absolute Gasteiger partial charge is 0.338 e. The molecule has 0 saturated carbocycles. The summed E-state index contributed by atoms with van der Waals surface area (Å²) in [5.41, 5.74) is 2.32. The fourth-order valence-corrected chi connectivity index (χ4v) is 3.98. The summed E-state index contributed by atoms with van der Waals surface area (Å²) in [4.78, 5) is 17.8. The van der Waals surface area contributed by atoms with Crippen molar-refractivity contribution in [2.75, 3.05) is 19.0 Å². The van der Waals surface area contributed by atoms with E-state index in [2.05, 4.69) is 15.2 Å². The number of anilines is 1. The number of aryl methyl sites for hydroxylation is 2. The van der Waals surface area contributed by atoms with E-state index in [1.54, 1.807) is 6.07 Å². The van der Waals surface area contributed by atoms with E-state index in [4.69, 9.17) is 0 Å². The van der Waals surface area contributed by atoms with E-state index >= 15 is 0 Å². The van der Waals surface area contributed by atoms with Crippen LogP contribution in [0.4, 0.5) is 5.13 Å². The van der Waals surface area contributed by atoms with Crippen LogP contribution in [0.15, 0.2) is 15.4 Å². The Kier molecular flexibility index (Phi) is 3.81. The van der Waals surface area contributed by atoms with Gasteiger partial charge in [-0.1, -0.05) is 11.3 Å². The number of aromatic carboxylic acids is 1. The van der Waals surface area contributed by atoms with E-state index in [1.165, 1.54) is 23.1 Å². The largest absolute Gasteiger partial charge is 0.478 e. The Morgan fingerprint density at radius 3 is 2.86 bits per heavy atom.